The maximum absolute atomic E-state index is 12.5. The van der Waals surface area contributed by atoms with Crippen molar-refractivity contribution < 1.29 is 14.3 Å². The zero-order chi connectivity index (χ0) is 20.3. The van der Waals surface area contributed by atoms with Crippen molar-refractivity contribution in [3.63, 3.8) is 0 Å². The Bertz CT molecular complexity index is 1070. The third-order valence-electron chi connectivity index (χ3n) is 4.47. The van der Waals surface area contributed by atoms with E-state index < -0.39 is 23.5 Å². The summed E-state index contributed by atoms with van der Waals surface area (Å²) in [6.07, 6.45) is -1.02. The summed E-state index contributed by atoms with van der Waals surface area (Å²) in [6.45, 7) is 5.67. The lowest BCUT2D eigenvalue weighted by Gasteiger charge is -2.15. The molecule has 1 aromatic heterocycles. The fourth-order valence-electron chi connectivity index (χ4n) is 2.85. The molecule has 3 rings (SSSR count). The van der Waals surface area contributed by atoms with E-state index in [1.54, 1.807) is 24.3 Å². The van der Waals surface area contributed by atoms with E-state index in [1.165, 1.54) is 18.6 Å². The van der Waals surface area contributed by atoms with Crippen molar-refractivity contribution in [2.75, 3.05) is 5.32 Å². The van der Waals surface area contributed by atoms with Crippen LogP contribution in [0, 0.1) is 0 Å². The molecule has 0 aliphatic carbocycles. The third-order valence-corrected chi connectivity index (χ3v) is 4.47. The topological polar surface area (TPSA) is 88.3 Å². The third kappa shape index (κ3) is 4.28. The van der Waals surface area contributed by atoms with E-state index in [0.29, 0.717) is 22.5 Å². The molecule has 1 atom stereocenters. The van der Waals surface area contributed by atoms with Crippen LogP contribution in [0.3, 0.4) is 0 Å². The molecule has 1 amide bonds. The number of fused-ring (bicyclic) bond motifs is 1. The molecule has 0 aliphatic rings. The van der Waals surface area contributed by atoms with Gasteiger partial charge in [-0.1, -0.05) is 44.2 Å². The molecule has 2 aromatic carbocycles. The second-order valence-corrected chi connectivity index (χ2v) is 6.91. The highest BCUT2D eigenvalue weighted by Gasteiger charge is 2.21. The molecule has 0 radical (unpaired) electrons. The summed E-state index contributed by atoms with van der Waals surface area (Å²) in [5, 5.41) is 3.29. The summed E-state index contributed by atoms with van der Waals surface area (Å²) in [5.41, 5.74) is 2.04. The Hall–Kier alpha value is -3.41. The van der Waals surface area contributed by atoms with Crippen LogP contribution >= 0.6 is 0 Å². The zero-order valence-corrected chi connectivity index (χ0v) is 16.0. The minimum absolute atomic E-state index is 0.125. The van der Waals surface area contributed by atoms with E-state index in [-0.39, 0.29) is 5.56 Å². The summed E-state index contributed by atoms with van der Waals surface area (Å²) in [5.74, 6) is -0.770. The van der Waals surface area contributed by atoms with Crippen LogP contribution in [0.1, 0.15) is 42.6 Å². The van der Waals surface area contributed by atoms with Crippen LogP contribution in [0.4, 0.5) is 5.69 Å². The SMILES string of the molecule is CC(C)c1ccc(NC(=O)[C@H](C)OC(=O)c2cc(=O)[nH]c3ccccc23)cc1. The van der Waals surface area contributed by atoms with Gasteiger partial charge < -0.3 is 15.0 Å². The minimum atomic E-state index is -1.02. The van der Waals surface area contributed by atoms with Gasteiger partial charge in [0.25, 0.3) is 5.91 Å². The number of anilines is 1. The van der Waals surface area contributed by atoms with Crippen LogP contribution in [0.2, 0.25) is 0 Å². The van der Waals surface area contributed by atoms with Gasteiger partial charge in [-0.25, -0.2) is 4.79 Å². The molecule has 6 nitrogen and oxygen atoms in total. The summed E-state index contributed by atoms with van der Waals surface area (Å²) >= 11 is 0. The first kappa shape index (κ1) is 19.4. The van der Waals surface area contributed by atoms with Gasteiger partial charge in [-0.15, -0.1) is 0 Å². The Balaban J connectivity index is 1.72. The molecule has 0 saturated heterocycles. The number of rotatable bonds is 5. The number of ether oxygens (including phenoxy) is 1. The van der Waals surface area contributed by atoms with Crippen molar-refractivity contribution in [3.05, 3.63) is 76.1 Å². The predicted octanol–water partition coefficient (Wildman–Crippen LogP) is 3.84. The Labute approximate surface area is 162 Å². The van der Waals surface area contributed by atoms with Crippen molar-refractivity contribution in [2.24, 2.45) is 0 Å². The number of esters is 1. The second-order valence-electron chi connectivity index (χ2n) is 6.91. The van der Waals surface area contributed by atoms with Crippen LogP contribution in [-0.2, 0) is 9.53 Å². The number of hydrogen-bond acceptors (Lipinski definition) is 4. The zero-order valence-electron chi connectivity index (χ0n) is 16.0. The molecular formula is C22H22N2O4. The number of carbonyl (C=O) groups is 2. The average Bonchev–Trinajstić information content (AvgIpc) is 2.67. The van der Waals surface area contributed by atoms with Gasteiger partial charge in [0.15, 0.2) is 6.10 Å². The van der Waals surface area contributed by atoms with Gasteiger partial charge >= 0.3 is 5.97 Å². The van der Waals surface area contributed by atoms with Crippen molar-refractivity contribution >= 4 is 28.5 Å². The molecule has 1 heterocycles. The number of H-pyrrole nitrogens is 1. The van der Waals surface area contributed by atoms with Crippen molar-refractivity contribution in [3.8, 4) is 0 Å². The summed E-state index contributed by atoms with van der Waals surface area (Å²) in [6, 6.07) is 15.6. The van der Waals surface area contributed by atoms with Gasteiger partial charge in [-0.05, 0) is 36.6 Å². The molecular weight excluding hydrogens is 356 g/mol. The van der Waals surface area contributed by atoms with Crippen molar-refractivity contribution in [2.45, 2.75) is 32.8 Å². The lowest BCUT2D eigenvalue weighted by atomic mass is 10.0. The number of carbonyl (C=O) groups excluding carboxylic acids is 2. The summed E-state index contributed by atoms with van der Waals surface area (Å²) in [4.78, 5) is 39.4. The number of aromatic amines is 1. The number of benzene rings is 2. The largest absolute Gasteiger partial charge is 0.449 e. The first-order valence-corrected chi connectivity index (χ1v) is 9.09. The Morgan fingerprint density at radius 2 is 1.68 bits per heavy atom. The van der Waals surface area contributed by atoms with Gasteiger partial charge in [0, 0.05) is 22.7 Å². The van der Waals surface area contributed by atoms with Gasteiger partial charge in [-0.3, -0.25) is 9.59 Å². The van der Waals surface area contributed by atoms with Gasteiger partial charge in [-0.2, -0.15) is 0 Å². The second kappa shape index (κ2) is 8.08. The highest BCUT2D eigenvalue weighted by atomic mass is 16.5. The Morgan fingerprint density at radius 1 is 1.00 bits per heavy atom. The lowest BCUT2D eigenvalue weighted by molar-refractivity contribution is -0.123. The van der Waals surface area contributed by atoms with E-state index in [1.807, 2.05) is 24.3 Å². The molecule has 144 valence electrons. The van der Waals surface area contributed by atoms with Gasteiger partial charge in [0.1, 0.15) is 0 Å². The molecule has 6 heteroatoms. The smallest absolute Gasteiger partial charge is 0.339 e. The molecule has 28 heavy (non-hydrogen) atoms. The maximum Gasteiger partial charge on any atom is 0.339 e. The first-order valence-electron chi connectivity index (χ1n) is 9.09. The molecule has 2 N–H and O–H groups in total. The summed E-state index contributed by atoms with van der Waals surface area (Å²) < 4.78 is 5.29. The predicted molar refractivity (Wildman–Crippen MR) is 109 cm³/mol. The lowest BCUT2D eigenvalue weighted by Crippen LogP contribution is -2.30. The van der Waals surface area contributed by atoms with Gasteiger partial charge in [0.05, 0.1) is 5.56 Å². The van der Waals surface area contributed by atoms with E-state index >= 15 is 0 Å². The fraction of sp³-hybridized carbons (Fsp3) is 0.227. The van der Waals surface area contributed by atoms with E-state index in [9.17, 15) is 14.4 Å². The number of amides is 1. The quantitative estimate of drug-likeness (QED) is 0.661. The van der Waals surface area contributed by atoms with E-state index in [4.69, 9.17) is 4.74 Å². The summed E-state index contributed by atoms with van der Waals surface area (Å²) in [7, 11) is 0. The van der Waals surface area contributed by atoms with Crippen LogP contribution in [0.25, 0.3) is 10.9 Å². The molecule has 0 spiro atoms. The number of aromatic nitrogens is 1. The number of para-hydroxylation sites is 1. The molecule has 0 saturated carbocycles. The van der Waals surface area contributed by atoms with Crippen LogP contribution in [0.5, 0.6) is 0 Å². The van der Waals surface area contributed by atoms with Crippen LogP contribution < -0.4 is 10.9 Å². The number of nitrogens with one attached hydrogen (secondary N) is 2. The highest BCUT2D eigenvalue weighted by Crippen LogP contribution is 2.18. The van der Waals surface area contributed by atoms with E-state index in [2.05, 4.69) is 24.1 Å². The van der Waals surface area contributed by atoms with Crippen molar-refractivity contribution in [1.82, 2.24) is 4.98 Å². The molecule has 0 bridgehead atoms. The van der Waals surface area contributed by atoms with Crippen LogP contribution in [-0.4, -0.2) is 23.0 Å². The Morgan fingerprint density at radius 3 is 2.36 bits per heavy atom. The molecule has 0 fully saturated rings. The maximum atomic E-state index is 12.5. The first-order chi connectivity index (χ1) is 13.3. The monoisotopic (exact) mass is 378 g/mol. The standard InChI is InChI=1S/C22H22N2O4/c1-13(2)15-8-10-16(11-9-15)23-21(26)14(3)28-22(27)18-12-20(25)24-19-7-5-4-6-17(18)19/h4-14H,1-3H3,(H,23,26)(H,24,25)/t14-/m0/s1. The van der Waals surface area contributed by atoms with Crippen molar-refractivity contribution in [1.29, 1.82) is 0 Å². The average molecular weight is 378 g/mol. The fourth-order valence-corrected chi connectivity index (χ4v) is 2.85. The molecule has 3 aromatic rings. The molecule has 0 unspecified atom stereocenters. The Kier molecular flexibility index (Phi) is 5.59. The van der Waals surface area contributed by atoms with Gasteiger partial charge in [0.2, 0.25) is 5.56 Å². The molecule has 0 aliphatic heterocycles. The number of pyridine rings is 1. The van der Waals surface area contributed by atoms with E-state index in [0.717, 1.165) is 0 Å². The minimum Gasteiger partial charge on any atom is -0.449 e. The highest BCUT2D eigenvalue weighted by molar-refractivity contribution is 6.04. The number of hydrogen-bond donors (Lipinski definition) is 2. The normalized spacial score (nSPS) is 12.0. The van der Waals surface area contributed by atoms with Crippen LogP contribution in [0.15, 0.2) is 59.4 Å².